The van der Waals surface area contributed by atoms with Crippen LogP contribution >= 0.6 is 43.5 Å². The van der Waals surface area contributed by atoms with Crippen LogP contribution in [0.5, 0.6) is 0 Å². The topological polar surface area (TPSA) is 72.2 Å². The summed E-state index contributed by atoms with van der Waals surface area (Å²) in [6, 6.07) is 6.71. The molecule has 0 unspecified atom stereocenters. The molecule has 0 heterocycles. The first-order valence-corrected chi connectivity index (χ1v) is 8.88. The number of anilines is 2. The maximum atomic E-state index is 13.3. The molecule has 0 radical (unpaired) electrons. The fraction of sp³-hybridized carbons (Fsp3) is 0. The minimum Gasteiger partial charge on any atom is -0.398 e. The molecule has 0 saturated carbocycles. The van der Waals surface area contributed by atoms with Crippen molar-refractivity contribution < 1.29 is 12.8 Å². The molecule has 0 bridgehead atoms. The minimum absolute atomic E-state index is 0.000946. The monoisotopic (exact) mass is 456 g/mol. The Hall–Kier alpha value is -0.830. The Morgan fingerprint density at radius 2 is 1.86 bits per heavy atom. The predicted molar refractivity (Wildman–Crippen MR) is 88.5 cm³/mol. The van der Waals surface area contributed by atoms with Crippen LogP contribution in [0.3, 0.4) is 0 Å². The second-order valence-electron chi connectivity index (χ2n) is 4.03. The number of hydrogen-bond donors (Lipinski definition) is 2. The van der Waals surface area contributed by atoms with Gasteiger partial charge in [-0.15, -0.1) is 0 Å². The summed E-state index contributed by atoms with van der Waals surface area (Å²) < 4.78 is 41.0. The Balaban J connectivity index is 2.46. The van der Waals surface area contributed by atoms with Crippen LogP contribution in [0.1, 0.15) is 0 Å². The fourth-order valence-electron chi connectivity index (χ4n) is 1.55. The molecule has 0 aromatic heterocycles. The smallest absolute Gasteiger partial charge is 0.264 e. The van der Waals surface area contributed by atoms with E-state index in [0.717, 1.165) is 12.1 Å². The fourth-order valence-corrected chi connectivity index (χ4v) is 4.04. The first-order chi connectivity index (χ1) is 9.70. The Kier molecular flexibility index (Phi) is 4.82. The lowest BCUT2D eigenvalue weighted by Gasteiger charge is -2.12. The van der Waals surface area contributed by atoms with E-state index in [-0.39, 0.29) is 25.8 Å². The van der Waals surface area contributed by atoms with Crippen LogP contribution in [0.2, 0.25) is 5.02 Å². The van der Waals surface area contributed by atoms with Gasteiger partial charge in [0, 0.05) is 4.47 Å². The van der Waals surface area contributed by atoms with Crippen LogP contribution in [0.15, 0.2) is 44.2 Å². The van der Waals surface area contributed by atoms with Crippen LogP contribution in [-0.2, 0) is 10.0 Å². The zero-order valence-electron chi connectivity index (χ0n) is 10.2. The summed E-state index contributed by atoms with van der Waals surface area (Å²) in [6.45, 7) is 0. The van der Waals surface area contributed by atoms with Gasteiger partial charge >= 0.3 is 0 Å². The van der Waals surface area contributed by atoms with Crippen molar-refractivity contribution in [3.05, 3.63) is 50.1 Å². The van der Waals surface area contributed by atoms with Crippen LogP contribution in [0.4, 0.5) is 15.8 Å². The third kappa shape index (κ3) is 3.68. The summed E-state index contributed by atoms with van der Waals surface area (Å²) >= 11 is 12.1. The molecule has 0 aliphatic carbocycles. The molecule has 112 valence electrons. The molecule has 21 heavy (non-hydrogen) atoms. The van der Waals surface area contributed by atoms with E-state index in [1.165, 1.54) is 6.07 Å². The molecular weight excluding hydrogens is 450 g/mol. The van der Waals surface area contributed by atoms with Crippen molar-refractivity contribution in [3.63, 3.8) is 0 Å². The van der Waals surface area contributed by atoms with Gasteiger partial charge in [-0.2, -0.15) is 0 Å². The number of hydrogen-bond acceptors (Lipinski definition) is 3. The number of nitrogens with one attached hydrogen (secondary N) is 1. The highest BCUT2D eigenvalue weighted by molar-refractivity contribution is 9.10. The highest BCUT2D eigenvalue weighted by Crippen LogP contribution is 2.31. The van der Waals surface area contributed by atoms with E-state index in [2.05, 4.69) is 36.6 Å². The number of benzene rings is 2. The predicted octanol–water partition coefficient (Wildman–Crippen LogP) is 4.39. The number of sulfonamides is 1. The summed E-state index contributed by atoms with van der Waals surface area (Å²) in [7, 11) is -3.99. The summed E-state index contributed by atoms with van der Waals surface area (Å²) in [4.78, 5) is -0.241. The van der Waals surface area contributed by atoms with Crippen molar-refractivity contribution in [2.24, 2.45) is 0 Å². The van der Waals surface area contributed by atoms with E-state index < -0.39 is 15.8 Å². The summed E-state index contributed by atoms with van der Waals surface area (Å²) in [5.74, 6) is -0.645. The molecule has 2 aromatic carbocycles. The molecule has 0 aliphatic heterocycles. The van der Waals surface area contributed by atoms with Gasteiger partial charge in [-0.05, 0) is 46.3 Å². The standard InChI is InChI=1S/C12H8Br2ClFN2O2S/c13-6-1-2-11(8(15)3-6)18-21(19,20)12-4-7(14)9(16)5-10(12)17/h1-5,18H,17H2. The molecule has 2 aromatic rings. The zero-order chi connectivity index (χ0) is 15.8. The second kappa shape index (κ2) is 6.12. The van der Waals surface area contributed by atoms with Crippen LogP contribution in [-0.4, -0.2) is 8.42 Å². The Labute approximate surface area is 142 Å². The van der Waals surface area contributed by atoms with Crippen molar-refractivity contribution in [1.82, 2.24) is 0 Å². The van der Waals surface area contributed by atoms with Crippen molar-refractivity contribution in [2.75, 3.05) is 10.5 Å². The molecule has 0 saturated heterocycles. The van der Waals surface area contributed by atoms with Gasteiger partial charge in [0.05, 0.1) is 20.9 Å². The number of halogens is 4. The van der Waals surface area contributed by atoms with Gasteiger partial charge in [-0.1, -0.05) is 27.5 Å². The summed E-state index contributed by atoms with van der Waals surface area (Å²) in [5.41, 5.74) is 5.57. The normalized spacial score (nSPS) is 11.4. The summed E-state index contributed by atoms with van der Waals surface area (Å²) in [6.07, 6.45) is 0. The van der Waals surface area contributed by atoms with Gasteiger partial charge in [0.25, 0.3) is 10.0 Å². The molecule has 9 heteroatoms. The van der Waals surface area contributed by atoms with E-state index in [4.69, 9.17) is 17.3 Å². The van der Waals surface area contributed by atoms with E-state index in [9.17, 15) is 12.8 Å². The van der Waals surface area contributed by atoms with Gasteiger partial charge in [-0.3, -0.25) is 4.72 Å². The number of nitrogen functional groups attached to an aromatic ring is 1. The third-order valence-electron chi connectivity index (χ3n) is 2.52. The molecular formula is C12H8Br2ClFN2O2S. The largest absolute Gasteiger partial charge is 0.398 e. The zero-order valence-corrected chi connectivity index (χ0v) is 14.9. The summed E-state index contributed by atoms with van der Waals surface area (Å²) in [5, 5.41) is 0.215. The van der Waals surface area contributed by atoms with Crippen molar-refractivity contribution in [2.45, 2.75) is 4.90 Å². The van der Waals surface area contributed by atoms with Crippen LogP contribution < -0.4 is 10.5 Å². The van der Waals surface area contributed by atoms with Crippen molar-refractivity contribution in [1.29, 1.82) is 0 Å². The number of rotatable bonds is 3. The molecule has 2 rings (SSSR count). The molecule has 0 atom stereocenters. The second-order valence-corrected chi connectivity index (χ2v) is 7.86. The van der Waals surface area contributed by atoms with Crippen LogP contribution in [0, 0.1) is 5.82 Å². The molecule has 4 nitrogen and oxygen atoms in total. The van der Waals surface area contributed by atoms with Crippen molar-refractivity contribution >= 4 is 64.9 Å². The van der Waals surface area contributed by atoms with E-state index in [0.29, 0.717) is 4.47 Å². The lowest BCUT2D eigenvalue weighted by molar-refractivity contribution is 0.599. The quantitative estimate of drug-likeness (QED) is 0.671. The lowest BCUT2D eigenvalue weighted by Crippen LogP contribution is -2.15. The SMILES string of the molecule is Nc1cc(F)c(Br)cc1S(=O)(=O)Nc1ccc(Br)cc1Cl. The van der Waals surface area contributed by atoms with E-state index >= 15 is 0 Å². The van der Waals surface area contributed by atoms with Gasteiger partial charge in [0.2, 0.25) is 0 Å². The highest BCUT2D eigenvalue weighted by Gasteiger charge is 2.21. The number of nitrogens with two attached hydrogens (primary N) is 1. The van der Waals surface area contributed by atoms with Crippen molar-refractivity contribution in [3.8, 4) is 0 Å². The first-order valence-electron chi connectivity index (χ1n) is 5.43. The van der Waals surface area contributed by atoms with Gasteiger partial charge < -0.3 is 5.73 Å². The maximum Gasteiger partial charge on any atom is 0.264 e. The molecule has 0 aliphatic rings. The molecule has 0 spiro atoms. The Bertz CT molecular complexity index is 815. The Morgan fingerprint density at radius 1 is 1.19 bits per heavy atom. The first kappa shape index (κ1) is 16.5. The molecule has 0 amide bonds. The van der Waals surface area contributed by atoms with Crippen LogP contribution in [0.25, 0.3) is 0 Å². The average molecular weight is 459 g/mol. The average Bonchev–Trinajstić information content (AvgIpc) is 2.37. The van der Waals surface area contributed by atoms with Gasteiger partial charge in [0.15, 0.2) is 0 Å². The lowest BCUT2D eigenvalue weighted by atomic mass is 10.3. The van der Waals surface area contributed by atoms with E-state index in [1.54, 1.807) is 12.1 Å². The molecule has 0 fully saturated rings. The Morgan fingerprint density at radius 3 is 2.48 bits per heavy atom. The minimum atomic E-state index is -3.99. The maximum absolute atomic E-state index is 13.3. The molecule has 3 N–H and O–H groups in total. The van der Waals surface area contributed by atoms with Gasteiger partial charge in [0.1, 0.15) is 10.7 Å². The van der Waals surface area contributed by atoms with Gasteiger partial charge in [-0.25, -0.2) is 12.8 Å². The highest BCUT2D eigenvalue weighted by atomic mass is 79.9. The van der Waals surface area contributed by atoms with E-state index in [1.807, 2.05) is 0 Å². The third-order valence-corrected chi connectivity index (χ3v) is 5.35.